The van der Waals surface area contributed by atoms with Crippen molar-refractivity contribution in [3.8, 4) is 5.75 Å². The number of aryl methyl sites for hydroxylation is 1. The summed E-state index contributed by atoms with van der Waals surface area (Å²) >= 11 is 6.39. The lowest BCUT2D eigenvalue weighted by Gasteiger charge is -2.46. The second kappa shape index (κ2) is 11.3. The van der Waals surface area contributed by atoms with Gasteiger partial charge in [-0.05, 0) is 97.7 Å². The summed E-state index contributed by atoms with van der Waals surface area (Å²) in [4.78, 5) is 15.1. The molecular weight excluding hydrogens is 560 g/mol. The molecule has 0 unspecified atom stereocenters. The maximum Gasteiger partial charge on any atom is 0.264 e. The fourth-order valence-electron chi connectivity index (χ4n) is 7.29. The molecule has 1 N–H and O–H groups in total. The van der Waals surface area contributed by atoms with Crippen LogP contribution in [0.25, 0.3) is 0 Å². The predicted octanol–water partition coefficient (Wildman–Crippen LogP) is 5.65. The van der Waals surface area contributed by atoms with E-state index >= 15 is 0 Å². The molecule has 4 aliphatic rings. The molecule has 2 aliphatic heterocycles. The zero-order valence-electron chi connectivity index (χ0n) is 23.8. The lowest BCUT2D eigenvalue weighted by atomic mass is 9.68. The van der Waals surface area contributed by atoms with Crippen molar-refractivity contribution in [2.45, 2.75) is 68.3 Å². The first kappa shape index (κ1) is 28.6. The summed E-state index contributed by atoms with van der Waals surface area (Å²) in [7, 11) is -2.27. The Balaban J connectivity index is 1.43. The molecule has 2 heterocycles. The van der Waals surface area contributed by atoms with Crippen LogP contribution in [0.15, 0.2) is 53.4 Å². The Morgan fingerprint density at radius 2 is 2.02 bits per heavy atom. The average Bonchev–Trinajstić information content (AvgIpc) is 3.06. The number of rotatable bonds is 1. The van der Waals surface area contributed by atoms with E-state index in [9.17, 15) is 13.2 Å². The summed E-state index contributed by atoms with van der Waals surface area (Å²) in [5, 5.41) is 0.742. The first-order valence-electron chi connectivity index (χ1n) is 14.7. The quantitative estimate of drug-likeness (QED) is 0.427. The van der Waals surface area contributed by atoms with Gasteiger partial charge in [0.1, 0.15) is 5.75 Å². The Morgan fingerprint density at radius 1 is 1.17 bits per heavy atom. The number of nitrogens with one attached hydrogen (secondary N) is 1. The summed E-state index contributed by atoms with van der Waals surface area (Å²) in [6.07, 6.45) is 10.2. The molecule has 0 radical (unpaired) electrons. The molecule has 0 saturated heterocycles. The third kappa shape index (κ3) is 5.63. The Morgan fingerprint density at radius 3 is 2.80 bits per heavy atom. The normalized spacial score (nSPS) is 32.0. The van der Waals surface area contributed by atoms with E-state index in [0.717, 1.165) is 49.4 Å². The molecule has 2 aromatic rings. The minimum absolute atomic E-state index is 0.00333. The third-order valence-corrected chi connectivity index (χ3v) is 11.2. The van der Waals surface area contributed by atoms with Crippen molar-refractivity contribution in [3.63, 3.8) is 0 Å². The van der Waals surface area contributed by atoms with Gasteiger partial charge in [-0.15, -0.1) is 0 Å². The van der Waals surface area contributed by atoms with Crippen LogP contribution in [0.5, 0.6) is 5.75 Å². The number of sulfonamides is 1. The number of carbonyl (C=O) groups is 1. The second-order valence-electron chi connectivity index (χ2n) is 12.4. The monoisotopic (exact) mass is 598 g/mol. The second-order valence-corrected chi connectivity index (χ2v) is 14.6. The maximum absolute atomic E-state index is 13.4. The molecule has 1 saturated carbocycles. The number of hydrogen-bond acceptors (Lipinski definition) is 6. The van der Waals surface area contributed by atoms with Crippen LogP contribution in [0.2, 0.25) is 5.02 Å². The van der Waals surface area contributed by atoms with Gasteiger partial charge in [0, 0.05) is 37.1 Å². The number of ether oxygens (including phenoxy) is 2. The van der Waals surface area contributed by atoms with Crippen molar-refractivity contribution in [1.82, 2.24) is 4.72 Å². The molecule has 5 atom stereocenters. The number of carbonyl (C=O) groups excluding carboxylic acids is 1. The number of anilines is 1. The fraction of sp³-hybridized carbons (Fsp3) is 0.531. The smallest absolute Gasteiger partial charge is 0.264 e. The van der Waals surface area contributed by atoms with Gasteiger partial charge in [0.15, 0.2) is 0 Å². The minimum Gasteiger partial charge on any atom is -0.490 e. The fourth-order valence-corrected chi connectivity index (χ4v) is 8.50. The highest BCUT2D eigenvalue weighted by molar-refractivity contribution is 7.90. The minimum atomic E-state index is -4.04. The number of fused-ring (bicyclic) bond motifs is 4. The number of halogens is 1. The van der Waals surface area contributed by atoms with E-state index in [0.29, 0.717) is 37.2 Å². The van der Waals surface area contributed by atoms with Gasteiger partial charge in [0.05, 0.1) is 23.3 Å². The van der Waals surface area contributed by atoms with E-state index in [1.807, 2.05) is 13.0 Å². The highest BCUT2D eigenvalue weighted by Crippen LogP contribution is 2.47. The Labute approximate surface area is 248 Å². The van der Waals surface area contributed by atoms with E-state index in [1.54, 1.807) is 25.3 Å². The Kier molecular flexibility index (Phi) is 7.85. The van der Waals surface area contributed by atoms with Crippen molar-refractivity contribution >= 4 is 33.2 Å². The van der Waals surface area contributed by atoms with Gasteiger partial charge < -0.3 is 14.4 Å². The molecule has 220 valence electrons. The average molecular weight is 599 g/mol. The van der Waals surface area contributed by atoms with Crippen LogP contribution in [-0.4, -0.2) is 47.2 Å². The summed E-state index contributed by atoms with van der Waals surface area (Å²) in [6.45, 7) is 3.94. The summed E-state index contributed by atoms with van der Waals surface area (Å²) in [6, 6.07) is 11.2. The van der Waals surface area contributed by atoms with Gasteiger partial charge >= 0.3 is 0 Å². The van der Waals surface area contributed by atoms with Crippen LogP contribution in [0.3, 0.4) is 0 Å². The molecule has 2 aromatic carbocycles. The number of hydrogen-bond donors (Lipinski definition) is 1. The van der Waals surface area contributed by atoms with Crippen LogP contribution in [-0.2, 0) is 31.4 Å². The van der Waals surface area contributed by atoms with E-state index in [4.69, 9.17) is 21.1 Å². The van der Waals surface area contributed by atoms with E-state index in [-0.39, 0.29) is 28.8 Å². The van der Waals surface area contributed by atoms with Crippen LogP contribution < -0.4 is 14.4 Å². The Bertz CT molecular complexity index is 1460. The zero-order chi connectivity index (χ0) is 28.8. The molecular formula is C32H39ClN2O5S. The van der Waals surface area contributed by atoms with Crippen LogP contribution in [0.1, 0.15) is 56.6 Å². The SMILES string of the molecule is CO[C@H]1/C=C/C[C@H](C)CC(=O)NS(=O)(=O)c2ccc3c(c2)N(C[C@@H]2CC[C@H]21)C[C@@]1(CCCc2cc(Cl)ccc21)CO3. The van der Waals surface area contributed by atoms with Gasteiger partial charge in [0.2, 0.25) is 5.91 Å². The molecule has 6 rings (SSSR count). The number of nitrogens with zero attached hydrogens (tertiary/aromatic N) is 1. The summed E-state index contributed by atoms with van der Waals surface area (Å²) < 4.78 is 41.5. The van der Waals surface area contributed by atoms with Gasteiger partial charge in [0.25, 0.3) is 10.0 Å². The van der Waals surface area contributed by atoms with Crippen molar-refractivity contribution in [2.24, 2.45) is 17.8 Å². The lowest BCUT2D eigenvalue weighted by Crippen LogP contribution is -2.49. The number of benzene rings is 2. The molecule has 1 amide bonds. The maximum atomic E-state index is 13.4. The lowest BCUT2D eigenvalue weighted by molar-refractivity contribution is -0.120. The van der Waals surface area contributed by atoms with Crippen molar-refractivity contribution in [3.05, 3.63) is 64.7 Å². The van der Waals surface area contributed by atoms with E-state index in [1.165, 1.54) is 11.1 Å². The first-order valence-corrected chi connectivity index (χ1v) is 16.6. The molecule has 9 heteroatoms. The number of methoxy groups -OCH3 is 1. The first-order chi connectivity index (χ1) is 19.7. The van der Waals surface area contributed by atoms with Crippen molar-refractivity contribution in [1.29, 1.82) is 0 Å². The van der Waals surface area contributed by atoms with Crippen molar-refractivity contribution < 1.29 is 22.7 Å². The van der Waals surface area contributed by atoms with Gasteiger partial charge in [-0.1, -0.05) is 36.7 Å². The van der Waals surface area contributed by atoms with Crippen LogP contribution in [0, 0.1) is 17.8 Å². The molecule has 2 aliphatic carbocycles. The van der Waals surface area contributed by atoms with Gasteiger partial charge in [-0.3, -0.25) is 4.79 Å². The third-order valence-electron chi connectivity index (χ3n) is 9.59. The van der Waals surface area contributed by atoms with Gasteiger partial charge in [-0.2, -0.15) is 0 Å². The predicted molar refractivity (Wildman–Crippen MR) is 160 cm³/mol. The number of allylic oxidation sites excluding steroid dienone is 1. The standard InChI is InChI=1S/C32H39ClN2O5S/c1-21-5-3-7-29(39-2)26-11-8-23(26)18-35-19-32(14-4-6-22-16-24(33)9-12-27(22)32)20-40-30-13-10-25(17-28(30)35)41(37,38)34-31(36)15-21/h3,7,9-10,12-13,16-17,21,23,26,29H,4-6,8,11,14-15,18-20H2,1-2H3,(H,34,36)/b7-3+/t21-,23-,26+,29-,32-/m0/s1. The largest absolute Gasteiger partial charge is 0.490 e. The van der Waals surface area contributed by atoms with Crippen molar-refractivity contribution in [2.75, 3.05) is 31.7 Å². The zero-order valence-corrected chi connectivity index (χ0v) is 25.3. The van der Waals surface area contributed by atoms with Crippen LogP contribution in [0.4, 0.5) is 5.69 Å². The topological polar surface area (TPSA) is 84.9 Å². The highest BCUT2D eigenvalue weighted by Gasteiger charge is 2.44. The Hall–Kier alpha value is -2.55. The molecule has 7 nitrogen and oxygen atoms in total. The van der Waals surface area contributed by atoms with Crippen LogP contribution >= 0.6 is 11.6 Å². The highest BCUT2D eigenvalue weighted by atomic mass is 35.5. The summed E-state index contributed by atoms with van der Waals surface area (Å²) in [5.41, 5.74) is 3.04. The number of amides is 1. The molecule has 0 aromatic heterocycles. The molecule has 1 fully saturated rings. The molecule has 1 spiro atoms. The molecule has 2 bridgehead atoms. The summed E-state index contributed by atoms with van der Waals surface area (Å²) in [5.74, 6) is 0.938. The molecule has 41 heavy (non-hydrogen) atoms. The van der Waals surface area contributed by atoms with Gasteiger partial charge in [-0.25, -0.2) is 13.1 Å². The van der Waals surface area contributed by atoms with E-state index < -0.39 is 15.9 Å². The van der Waals surface area contributed by atoms with E-state index in [2.05, 4.69) is 33.9 Å².